The Kier molecular flexibility index (Phi) is 3.64. The SMILES string of the molecule is Cc1ccc(CN(C)Cc2cccn2C)cc1. The van der Waals surface area contributed by atoms with Crippen LogP contribution in [0.5, 0.6) is 0 Å². The molecule has 0 N–H and O–H groups in total. The maximum Gasteiger partial charge on any atom is 0.0387 e. The van der Waals surface area contributed by atoms with Crippen LogP contribution in [-0.4, -0.2) is 16.5 Å². The quantitative estimate of drug-likeness (QED) is 0.781. The molecule has 17 heavy (non-hydrogen) atoms. The number of benzene rings is 1. The fourth-order valence-corrected chi connectivity index (χ4v) is 2.00. The van der Waals surface area contributed by atoms with Crippen LogP contribution in [-0.2, 0) is 20.1 Å². The van der Waals surface area contributed by atoms with Gasteiger partial charge in [-0.25, -0.2) is 0 Å². The van der Waals surface area contributed by atoms with Gasteiger partial charge in [-0.2, -0.15) is 0 Å². The fraction of sp³-hybridized carbons (Fsp3) is 0.333. The summed E-state index contributed by atoms with van der Waals surface area (Å²) < 4.78 is 2.17. The zero-order valence-corrected chi connectivity index (χ0v) is 10.9. The van der Waals surface area contributed by atoms with Crippen molar-refractivity contribution >= 4 is 0 Å². The Morgan fingerprint density at radius 3 is 2.35 bits per heavy atom. The zero-order valence-electron chi connectivity index (χ0n) is 10.9. The lowest BCUT2D eigenvalue weighted by Gasteiger charge is -2.17. The van der Waals surface area contributed by atoms with Gasteiger partial charge in [0.05, 0.1) is 0 Å². The normalized spacial score (nSPS) is 11.1. The molecule has 0 atom stereocenters. The van der Waals surface area contributed by atoms with Gasteiger partial charge in [-0.3, -0.25) is 4.90 Å². The van der Waals surface area contributed by atoms with Crippen LogP contribution < -0.4 is 0 Å². The van der Waals surface area contributed by atoms with Gasteiger partial charge in [0.1, 0.15) is 0 Å². The third kappa shape index (κ3) is 3.21. The van der Waals surface area contributed by atoms with Gasteiger partial charge in [0.15, 0.2) is 0 Å². The minimum Gasteiger partial charge on any atom is -0.353 e. The molecular formula is C15H20N2. The topological polar surface area (TPSA) is 8.17 Å². The molecule has 1 heterocycles. The lowest BCUT2D eigenvalue weighted by molar-refractivity contribution is 0.311. The summed E-state index contributed by atoms with van der Waals surface area (Å²) in [5, 5.41) is 0. The highest BCUT2D eigenvalue weighted by molar-refractivity contribution is 5.21. The number of rotatable bonds is 4. The van der Waals surface area contributed by atoms with E-state index in [-0.39, 0.29) is 0 Å². The Labute approximate surface area is 103 Å². The number of nitrogens with zero attached hydrogens (tertiary/aromatic N) is 2. The summed E-state index contributed by atoms with van der Waals surface area (Å²) in [5.41, 5.74) is 4.03. The van der Waals surface area contributed by atoms with Gasteiger partial charge < -0.3 is 4.57 Å². The van der Waals surface area contributed by atoms with Crippen LogP contribution in [0.2, 0.25) is 0 Å². The molecule has 2 nitrogen and oxygen atoms in total. The predicted molar refractivity (Wildman–Crippen MR) is 71.8 cm³/mol. The van der Waals surface area contributed by atoms with Gasteiger partial charge in [0.2, 0.25) is 0 Å². The van der Waals surface area contributed by atoms with Crippen LogP contribution in [0, 0.1) is 6.92 Å². The molecule has 0 aliphatic carbocycles. The van der Waals surface area contributed by atoms with E-state index in [1.807, 2.05) is 0 Å². The third-order valence-corrected chi connectivity index (χ3v) is 3.06. The van der Waals surface area contributed by atoms with Crippen molar-refractivity contribution in [3.05, 3.63) is 59.4 Å². The van der Waals surface area contributed by atoms with E-state index in [1.165, 1.54) is 16.8 Å². The molecule has 0 amide bonds. The molecule has 1 aromatic carbocycles. The summed E-state index contributed by atoms with van der Waals surface area (Å²) in [5.74, 6) is 0. The monoisotopic (exact) mass is 228 g/mol. The highest BCUT2D eigenvalue weighted by Crippen LogP contribution is 2.09. The molecule has 0 aliphatic heterocycles. The molecule has 0 unspecified atom stereocenters. The van der Waals surface area contributed by atoms with Crippen LogP contribution in [0.25, 0.3) is 0 Å². The number of hydrogen-bond acceptors (Lipinski definition) is 1. The lowest BCUT2D eigenvalue weighted by Crippen LogP contribution is -2.18. The van der Waals surface area contributed by atoms with Crippen LogP contribution in [0.1, 0.15) is 16.8 Å². The first-order chi connectivity index (χ1) is 8.15. The van der Waals surface area contributed by atoms with Gasteiger partial charge in [0, 0.05) is 32.0 Å². The molecule has 0 aliphatic rings. The molecule has 0 bridgehead atoms. The minimum absolute atomic E-state index is 0.984. The Hall–Kier alpha value is -1.54. The molecule has 0 fully saturated rings. The highest BCUT2D eigenvalue weighted by Gasteiger charge is 2.03. The maximum absolute atomic E-state index is 2.33. The number of aromatic nitrogens is 1. The second kappa shape index (κ2) is 5.19. The average molecular weight is 228 g/mol. The minimum atomic E-state index is 0.984. The number of aryl methyl sites for hydroxylation is 2. The van der Waals surface area contributed by atoms with Crippen LogP contribution in [0.15, 0.2) is 42.6 Å². The first-order valence-corrected chi connectivity index (χ1v) is 5.99. The standard InChI is InChI=1S/C15H20N2/c1-13-6-8-14(9-7-13)11-16(2)12-15-5-4-10-17(15)3/h4-10H,11-12H2,1-3H3. The summed E-state index contributed by atoms with van der Waals surface area (Å²) in [7, 11) is 4.25. The molecule has 2 aromatic rings. The van der Waals surface area contributed by atoms with Gasteiger partial charge >= 0.3 is 0 Å². The van der Waals surface area contributed by atoms with Crippen LogP contribution in [0.4, 0.5) is 0 Å². The van der Waals surface area contributed by atoms with Crippen molar-refractivity contribution in [3.8, 4) is 0 Å². The Morgan fingerprint density at radius 1 is 1.06 bits per heavy atom. The second-order valence-electron chi connectivity index (χ2n) is 4.77. The fourth-order valence-electron chi connectivity index (χ4n) is 2.00. The summed E-state index contributed by atoms with van der Waals surface area (Å²) in [4.78, 5) is 2.33. The van der Waals surface area contributed by atoms with Crippen molar-refractivity contribution in [2.45, 2.75) is 20.0 Å². The molecule has 2 heteroatoms. The summed E-state index contributed by atoms with van der Waals surface area (Å²) >= 11 is 0. The van der Waals surface area contributed by atoms with Gasteiger partial charge in [-0.05, 0) is 31.7 Å². The Morgan fingerprint density at radius 2 is 1.76 bits per heavy atom. The van der Waals surface area contributed by atoms with E-state index >= 15 is 0 Å². The van der Waals surface area contributed by atoms with Crippen molar-refractivity contribution < 1.29 is 0 Å². The van der Waals surface area contributed by atoms with Crippen LogP contribution in [0.3, 0.4) is 0 Å². The first-order valence-electron chi connectivity index (χ1n) is 5.99. The molecule has 0 spiro atoms. The van der Waals surface area contributed by atoms with Crippen molar-refractivity contribution in [2.24, 2.45) is 7.05 Å². The Balaban J connectivity index is 1.95. The molecule has 0 saturated carbocycles. The van der Waals surface area contributed by atoms with Gasteiger partial charge in [0.25, 0.3) is 0 Å². The molecule has 0 radical (unpaired) electrons. The average Bonchev–Trinajstić information content (AvgIpc) is 2.68. The zero-order chi connectivity index (χ0) is 12.3. The summed E-state index contributed by atoms with van der Waals surface area (Å²) in [6.07, 6.45) is 2.09. The van der Waals surface area contributed by atoms with Gasteiger partial charge in [-0.15, -0.1) is 0 Å². The van der Waals surface area contributed by atoms with E-state index in [0.29, 0.717) is 0 Å². The first kappa shape index (κ1) is 11.9. The van der Waals surface area contributed by atoms with E-state index in [9.17, 15) is 0 Å². The molecule has 90 valence electrons. The van der Waals surface area contributed by atoms with E-state index in [4.69, 9.17) is 0 Å². The summed E-state index contributed by atoms with van der Waals surface area (Å²) in [6.45, 7) is 4.10. The van der Waals surface area contributed by atoms with E-state index in [2.05, 4.69) is 73.1 Å². The largest absolute Gasteiger partial charge is 0.353 e. The molecule has 2 rings (SSSR count). The maximum atomic E-state index is 2.33. The second-order valence-corrected chi connectivity index (χ2v) is 4.77. The van der Waals surface area contributed by atoms with Gasteiger partial charge in [-0.1, -0.05) is 29.8 Å². The van der Waals surface area contributed by atoms with Crippen molar-refractivity contribution in [1.29, 1.82) is 0 Å². The number of hydrogen-bond donors (Lipinski definition) is 0. The smallest absolute Gasteiger partial charge is 0.0387 e. The van der Waals surface area contributed by atoms with Crippen LogP contribution >= 0.6 is 0 Å². The van der Waals surface area contributed by atoms with Crippen molar-refractivity contribution in [3.63, 3.8) is 0 Å². The molecule has 1 aromatic heterocycles. The third-order valence-electron chi connectivity index (χ3n) is 3.06. The van der Waals surface area contributed by atoms with E-state index < -0.39 is 0 Å². The molecular weight excluding hydrogens is 208 g/mol. The van der Waals surface area contributed by atoms with Crippen molar-refractivity contribution in [2.75, 3.05) is 7.05 Å². The van der Waals surface area contributed by atoms with E-state index in [0.717, 1.165) is 13.1 Å². The summed E-state index contributed by atoms with van der Waals surface area (Å²) in [6, 6.07) is 13.0. The molecule has 0 saturated heterocycles. The Bertz CT molecular complexity index is 468. The highest BCUT2D eigenvalue weighted by atomic mass is 15.1. The lowest BCUT2D eigenvalue weighted by atomic mass is 10.1. The van der Waals surface area contributed by atoms with E-state index in [1.54, 1.807) is 0 Å². The van der Waals surface area contributed by atoms with Crippen molar-refractivity contribution in [1.82, 2.24) is 9.47 Å². The predicted octanol–water partition coefficient (Wildman–Crippen LogP) is 2.97.